The summed E-state index contributed by atoms with van der Waals surface area (Å²) >= 11 is 1.51. The van der Waals surface area contributed by atoms with Crippen molar-refractivity contribution < 1.29 is 8.42 Å². The van der Waals surface area contributed by atoms with Gasteiger partial charge < -0.3 is 4.57 Å². The van der Waals surface area contributed by atoms with E-state index in [4.69, 9.17) is 5.14 Å². The predicted octanol–water partition coefficient (Wildman–Crippen LogP) is 2.87. The summed E-state index contributed by atoms with van der Waals surface area (Å²) in [5.41, 5.74) is 3.02. The quantitative estimate of drug-likeness (QED) is 0.694. The Kier molecular flexibility index (Phi) is 4.81. The fraction of sp³-hybridized carbons (Fsp3) is 0.176. The second kappa shape index (κ2) is 6.88. The standard InChI is InChI=1S/C17H16N4O2S2/c1-2-21-16-8-7-14(25(19,22)23)9-15(16)20-17(21)24-11-13-6-4-3-5-12(13)10-18/h3-9H,2,11H2,1H3,(H2,19,22,23). The first-order valence-corrected chi connectivity index (χ1v) is 10.1. The van der Waals surface area contributed by atoms with Crippen LogP contribution in [0.3, 0.4) is 0 Å². The van der Waals surface area contributed by atoms with Gasteiger partial charge >= 0.3 is 0 Å². The summed E-state index contributed by atoms with van der Waals surface area (Å²) in [7, 11) is -3.76. The fourth-order valence-electron chi connectivity index (χ4n) is 2.58. The van der Waals surface area contributed by atoms with Crippen molar-refractivity contribution in [1.29, 1.82) is 5.26 Å². The summed E-state index contributed by atoms with van der Waals surface area (Å²) in [6.45, 7) is 2.70. The van der Waals surface area contributed by atoms with Crippen LogP contribution in [0.15, 0.2) is 52.5 Å². The van der Waals surface area contributed by atoms with Gasteiger partial charge in [-0.25, -0.2) is 18.5 Å². The molecule has 0 unspecified atom stereocenters. The Labute approximate surface area is 150 Å². The van der Waals surface area contributed by atoms with Gasteiger partial charge in [0.15, 0.2) is 5.16 Å². The minimum Gasteiger partial charge on any atom is -0.319 e. The van der Waals surface area contributed by atoms with Gasteiger partial charge in [-0.3, -0.25) is 0 Å². The molecule has 0 amide bonds. The van der Waals surface area contributed by atoms with Crippen molar-refractivity contribution in [1.82, 2.24) is 9.55 Å². The highest BCUT2D eigenvalue weighted by atomic mass is 32.2. The lowest BCUT2D eigenvalue weighted by Gasteiger charge is -2.06. The highest BCUT2D eigenvalue weighted by Gasteiger charge is 2.15. The molecule has 1 heterocycles. The van der Waals surface area contributed by atoms with Crippen molar-refractivity contribution >= 4 is 32.8 Å². The van der Waals surface area contributed by atoms with Crippen molar-refractivity contribution in [3.63, 3.8) is 0 Å². The molecule has 1 aromatic heterocycles. The first kappa shape index (κ1) is 17.5. The van der Waals surface area contributed by atoms with E-state index in [-0.39, 0.29) is 4.90 Å². The summed E-state index contributed by atoms with van der Waals surface area (Å²) in [5.74, 6) is 0.606. The zero-order chi connectivity index (χ0) is 18.0. The maximum absolute atomic E-state index is 11.5. The Hall–Kier alpha value is -2.34. The number of hydrogen-bond acceptors (Lipinski definition) is 5. The molecule has 0 bridgehead atoms. The third kappa shape index (κ3) is 3.54. The van der Waals surface area contributed by atoms with Crippen LogP contribution in [-0.4, -0.2) is 18.0 Å². The molecule has 2 aromatic carbocycles. The topological polar surface area (TPSA) is 102 Å². The van der Waals surface area contributed by atoms with Crippen LogP contribution in [0.4, 0.5) is 0 Å². The highest BCUT2D eigenvalue weighted by Crippen LogP contribution is 2.28. The number of thioether (sulfide) groups is 1. The number of nitrogens with two attached hydrogens (primary N) is 1. The van der Waals surface area contributed by atoms with Crippen LogP contribution < -0.4 is 5.14 Å². The Morgan fingerprint density at radius 3 is 2.72 bits per heavy atom. The molecule has 2 N–H and O–H groups in total. The molecular weight excluding hydrogens is 356 g/mol. The second-order valence-corrected chi connectivity index (χ2v) is 7.90. The fourth-order valence-corrected chi connectivity index (χ4v) is 4.19. The number of aromatic nitrogens is 2. The number of rotatable bonds is 5. The SMILES string of the molecule is CCn1c(SCc2ccccc2C#N)nc2cc(S(N)(=O)=O)ccc21. The van der Waals surface area contributed by atoms with Crippen molar-refractivity contribution in [2.45, 2.75) is 29.3 Å². The lowest BCUT2D eigenvalue weighted by atomic mass is 10.1. The van der Waals surface area contributed by atoms with Gasteiger partial charge in [0.05, 0.1) is 27.6 Å². The summed E-state index contributed by atoms with van der Waals surface area (Å²) in [6.07, 6.45) is 0. The molecule has 0 fully saturated rings. The van der Waals surface area contributed by atoms with Crippen molar-refractivity contribution in [2.24, 2.45) is 5.14 Å². The predicted molar refractivity (Wildman–Crippen MR) is 97.5 cm³/mol. The zero-order valence-corrected chi connectivity index (χ0v) is 15.1. The van der Waals surface area contributed by atoms with Gasteiger partial charge in [-0.05, 0) is 36.8 Å². The minimum atomic E-state index is -3.76. The third-order valence-corrected chi connectivity index (χ3v) is 5.76. The number of nitriles is 1. The first-order valence-electron chi connectivity index (χ1n) is 7.58. The second-order valence-electron chi connectivity index (χ2n) is 5.39. The van der Waals surface area contributed by atoms with E-state index in [2.05, 4.69) is 11.1 Å². The van der Waals surface area contributed by atoms with Crippen molar-refractivity contribution in [3.05, 3.63) is 53.6 Å². The highest BCUT2D eigenvalue weighted by molar-refractivity contribution is 7.98. The molecule has 0 aliphatic heterocycles. The molecule has 25 heavy (non-hydrogen) atoms. The molecule has 128 valence electrons. The largest absolute Gasteiger partial charge is 0.319 e. The summed E-state index contributed by atoms with van der Waals surface area (Å²) in [6, 6.07) is 14.3. The van der Waals surface area contributed by atoms with E-state index in [1.165, 1.54) is 23.9 Å². The minimum absolute atomic E-state index is 0.0483. The molecule has 0 saturated carbocycles. The molecule has 6 nitrogen and oxygen atoms in total. The maximum atomic E-state index is 11.5. The maximum Gasteiger partial charge on any atom is 0.238 e. The van der Waals surface area contributed by atoms with Crippen LogP contribution in [-0.2, 0) is 22.3 Å². The number of sulfonamides is 1. The zero-order valence-electron chi connectivity index (χ0n) is 13.5. The number of primary sulfonamides is 1. The van der Waals surface area contributed by atoms with Crippen LogP contribution in [0, 0.1) is 11.3 Å². The van der Waals surface area contributed by atoms with E-state index in [1.807, 2.05) is 29.7 Å². The van der Waals surface area contributed by atoms with Gasteiger partial charge in [-0.2, -0.15) is 5.26 Å². The van der Waals surface area contributed by atoms with E-state index in [9.17, 15) is 13.7 Å². The first-order chi connectivity index (χ1) is 11.9. The number of benzene rings is 2. The van der Waals surface area contributed by atoms with Gasteiger partial charge in [0.1, 0.15) is 0 Å². The van der Waals surface area contributed by atoms with E-state index < -0.39 is 10.0 Å². The van der Waals surface area contributed by atoms with Gasteiger partial charge in [0.25, 0.3) is 0 Å². The van der Waals surface area contributed by atoms with Gasteiger partial charge in [0.2, 0.25) is 10.0 Å². The number of aryl methyl sites for hydroxylation is 1. The summed E-state index contributed by atoms with van der Waals surface area (Å²) in [4.78, 5) is 4.60. The number of fused-ring (bicyclic) bond motifs is 1. The molecule has 3 rings (SSSR count). The smallest absolute Gasteiger partial charge is 0.238 e. The number of nitrogens with zero attached hydrogens (tertiary/aromatic N) is 3. The molecule has 0 aliphatic rings. The van der Waals surface area contributed by atoms with Crippen LogP contribution in [0.25, 0.3) is 11.0 Å². The molecule has 3 aromatic rings. The van der Waals surface area contributed by atoms with Crippen LogP contribution in [0.5, 0.6) is 0 Å². The van der Waals surface area contributed by atoms with Crippen LogP contribution in [0.2, 0.25) is 0 Å². The van der Waals surface area contributed by atoms with Gasteiger partial charge in [-0.1, -0.05) is 30.0 Å². The monoisotopic (exact) mass is 372 g/mol. The summed E-state index contributed by atoms with van der Waals surface area (Å²) < 4.78 is 25.1. The molecule has 8 heteroatoms. The lowest BCUT2D eigenvalue weighted by Crippen LogP contribution is -2.11. The van der Waals surface area contributed by atoms with Crippen molar-refractivity contribution in [2.75, 3.05) is 0 Å². The van der Waals surface area contributed by atoms with Crippen LogP contribution in [0.1, 0.15) is 18.1 Å². The Morgan fingerprint density at radius 2 is 2.04 bits per heavy atom. The van der Waals surface area contributed by atoms with Gasteiger partial charge in [0, 0.05) is 12.3 Å². The Balaban J connectivity index is 1.97. The lowest BCUT2D eigenvalue weighted by molar-refractivity contribution is 0.598. The molecule has 0 aliphatic carbocycles. The van der Waals surface area contributed by atoms with Crippen LogP contribution >= 0.6 is 11.8 Å². The average Bonchev–Trinajstić information content (AvgIpc) is 2.96. The Bertz CT molecular complexity index is 1080. The average molecular weight is 372 g/mol. The molecule has 0 atom stereocenters. The van der Waals surface area contributed by atoms with E-state index in [1.54, 1.807) is 12.1 Å². The third-order valence-electron chi connectivity index (χ3n) is 3.82. The number of hydrogen-bond donors (Lipinski definition) is 1. The molecule has 0 saturated heterocycles. The van der Waals surface area contributed by atoms with E-state index in [0.717, 1.165) is 16.2 Å². The molecule has 0 spiro atoms. The normalized spacial score (nSPS) is 11.6. The molecule has 0 radical (unpaired) electrons. The van der Waals surface area contributed by atoms with Crippen molar-refractivity contribution in [3.8, 4) is 6.07 Å². The Morgan fingerprint density at radius 1 is 1.28 bits per heavy atom. The number of imidazole rings is 1. The van der Waals surface area contributed by atoms with E-state index in [0.29, 0.717) is 23.4 Å². The van der Waals surface area contributed by atoms with E-state index >= 15 is 0 Å². The summed E-state index contributed by atoms with van der Waals surface area (Å²) in [5, 5.41) is 15.2. The van der Waals surface area contributed by atoms with Gasteiger partial charge in [-0.15, -0.1) is 0 Å². The molecular formula is C17H16N4O2S2.